The average molecular weight is 468 g/mol. The molecule has 0 aromatic carbocycles. The van der Waals surface area contributed by atoms with Crippen molar-refractivity contribution in [1.29, 1.82) is 0 Å². The minimum absolute atomic E-state index is 0. The van der Waals surface area contributed by atoms with Crippen LogP contribution in [0.4, 0.5) is 0 Å². The number of Topliss-reactive ketones (excluding diaryl/α,β-unsaturated/α-hetero) is 2. The zero-order valence-electron chi connectivity index (χ0n) is 11.2. The van der Waals surface area contributed by atoms with Crippen LogP contribution in [-0.4, -0.2) is 49.7 Å². The summed E-state index contributed by atoms with van der Waals surface area (Å²) < 4.78 is 0. The molecule has 19 heavy (non-hydrogen) atoms. The number of carbonyl (C=O) groups excluding carboxylic acids is 4. The molecule has 0 N–H and O–H groups in total. The van der Waals surface area contributed by atoms with E-state index in [0.29, 0.717) is 25.7 Å². The Morgan fingerprint density at radius 2 is 1.00 bits per heavy atom. The molecular formula is C12H19BiO6. The van der Waals surface area contributed by atoms with Crippen LogP contribution in [-0.2, 0) is 19.2 Å². The Balaban J connectivity index is -0.000000256. The normalized spacial score (nSPS) is 8.53. The van der Waals surface area contributed by atoms with Gasteiger partial charge in [-0.05, 0) is 12.8 Å². The fraction of sp³-hybridized carbons (Fsp3) is 0.667. The van der Waals surface area contributed by atoms with Crippen molar-refractivity contribution < 1.29 is 29.4 Å². The van der Waals surface area contributed by atoms with Crippen molar-refractivity contribution >= 4 is 49.7 Å². The minimum atomic E-state index is -1.28. The van der Waals surface area contributed by atoms with Crippen molar-refractivity contribution in [3.63, 3.8) is 0 Å². The molecule has 0 aliphatic carbocycles. The van der Waals surface area contributed by atoms with Crippen LogP contribution >= 0.6 is 0 Å². The van der Waals surface area contributed by atoms with Gasteiger partial charge in [0.25, 0.3) is 0 Å². The van der Waals surface area contributed by atoms with Crippen LogP contribution < -0.4 is 10.2 Å². The number of rotatable bonds is 8. The molecule has 0 rings (SSSR count). The molecule has 0 atom stereocenters. The third-order valence-electron chi connectivity index (χ3n) is 1.74. The molecule has 0 heterocycles. The molecule has 0 amide bonds. The van der Waals surface area contributed by atoms with E-state index >= 15 is 0 Å². The number of aliphatic carboxylic acids is 2. The molecule has 7 heteroatoms. The molecule has 0 aromatic heterocycles. The van der Waals surface area contributed by atoms with Gasteiger partial charge in [0.05, 0.1) is 0 Å². The van der Waals surface area contributed by atoms with E-state index in [1.807, 2.05) is 13.8 Å². The first-order valence-electron chi connectivity index (χ1n) is 5.76. The predicted octanol–water partition coefficient (Wildman–Crippen LogP) is -1.66. The standard InChI is InChI=1S/2C6H10O3.Bi.H/c2*1-2-3-5(7)4-6(8)9;;/h2*2-4H2,1H3,(H,8,9);;/q;;+2;/p-2. The molecular weight excluding hydrogens is 449 g/mol. The Kier molecular flexibility index (Phi) is 18.6. The summed E-state index contributed by atoms with van der Waals surface area (Å²) in [7, 11) is 0. The van der Waals surface area contributed by atoms with Gasteiger partial charge < -0.3 is 19.8 Å². The number of hydrogen-bond donors (Lipinski definition) is 0. The second-order valence-corrected chi connectivity index (χ2v) is 3.67. The molecule has 108 valence electrons. The van der Waals surface area contributed by atoms with Crippen LogP contribution in [0, 0.1) is 0 Å². The average Bonchev–Trinajstić information content (AvgIpc) is 2.16. The second-order valence-electron chi connectivity index (χ2n) is 3.67. The van der Waals surface area contributed by atoms with Crippen LogP contribution in [0.3, 0.4) is 0 Å². The molecule has 2 radical (unpaired) electrons. The molecule has 6 nitrogen and oxygen atoms in total. The van der Waals surface area contributed by atoms with Crippen molar-refractivity contribution in [3.05, 3.63) is 0 Å². The maximum atomic E-state index is 10.4. The van der Waals surface area contributed by atoms with E-state index in [9.17, 15) is 29.4 Å². The topological polar surface area (TPSA) is 114 Å². The van der Waals surface area contributed by atoms with Crippen molar-refractivity contribution in [3.8, 4) is 0 Å². The van der Waals surface area contributed by atoms with Gasteiger partial charge in [-0.3, -0.25) is 9.59 Å². The SMILES string of the molecule is CCCC(=O)CC(=O)[O-].CCCC(=O)CC(=O)[O-].[BiH+2]. The third kappa shape index (κ3) is 22.8. The maximum absolute atomic E-state index is 10.4. The van der Waals surface area contributed by atoms with E-state index < -0.39 is 24.8 Å². The second kappa shape index (κ2) is 15.2. The van der Waals surface area contributed by atoms with Crippen molar-refractivity contribution in [2.45, 2.75) is 52.4 Å². The first-order chi connectivity index (χ1) is 8.33. The Hall–Kier alpha value is -0.837. The van der Waals surface area contributed by atoms with Crippen LogP contribution in [0.2, 0.25) is 0 Å². The van der Waals surface area contributed by atoms with Gasteiger partial charge in [0, 0.05) is 37.6 Å². The molecule has 0 aromatic rings. The van der Waals surface area contributed by atoms with Crippen LogP contribution in [0.1, 0.15) is 52.4 Å². The van der Waals surface area contributed by atoms with E-state index in [1.165, 1.54) is 0 Å². The predicted molar refractivity (Wildman–Crippen MR) is 66.2 cm³/mol. The van der Waals surface area contributed by atoms with E-state index in [-0.39, 0.29) is 37.8 Å². The fourth-order valence-electron chi connectivity index (χ4n) is 1.06. The summed E-state index contributed by atoms with van der Waals surface area (Å²) in [6.45, 7) is 3.65. The van der Waals surface area contributed by atoms with Gasteiger partial charge in [-0.2, -0.15) is 0 Å². The molecule has 0 unspecified atom stereocenters. The van der Waals surface area contributed by atoms with Gasteiger partial charge in [-0.25, -0.2) is 0 Å². The van der Waals surface area contributed by atoms with Gasteiger partial charge in [-0.1, -0.05) is 13.8 Å². The van der Waals surface area contributed by atoms with E-state index in [1.54, 1.807) is 0 Å². The van der Waals surface area contributed by atoms with Gasteiger partial charge in [0.1, 0.15) is 11.6 Å². The monoisotopic (exact) mass is 468 g/mol. The van der Waals surface area contributed by atoms with Crippen molar-refractivity contribution in [1.82, 2.24) is 0 Å². The molecule has 0 aliphatic rings. The Bertz CT molecular complexity index is 271. The van der Waals surface area contributed by atoms with Crippen molar-refractivity contribution in [2.75, 3.05) is 0 Å². The number of hydrogen-bond acceptors (Lipinski definition) is 6. The zero-order chi connectivity index (χ0) is 14.6. The number of carbonyl (C=O) groups is 4. The summed E-state index contributed by atoms with van der Waals surface area (Å²) in [5, 5.41) is 19.5. The van der Waals surface area contributed by atoms with Crippen LogP contribution in [0.15, 0.2) is 0 Å². The van der Waals surface area contributed by atoms with E-state index in [4.69, 9.17) is 0 Å². The number of ketones is 2. The fourth-order valence-corrected chi connectivity index (χ4v) is 1.06. The summed E-state index contributed by atoms with van der Waals surface area (Å²) in [6, 6.07) is 0. The van der Waals surface area contributed by atoms with E-state index in [0.717, 1.165) is 0 Å². The van der Waals surface area contributed by atoms with Crippen LogP contribution in [0.5, 0.6) is 0 Å². The summed E-state index contributed by atoms with van der Waals surface area (Å²) in [5.41, 5.74) is 0. The Morgan fingerprint density at radius 3 is 1.16 bits per heavy atom. The molecule has 0 bridgehead atoms. The van der Waals surface area contributed by atoms with Gasteiger partial charge in [0.2, 0.25) is 0 Å². The number of carboxylic acids is 2. The summed E-state index contributed by atoms with van der Waals surface area (Å²) >= 11 is 0. The van der Waals surface area contributed by atoms with Crippen molar-refractivity contribution in [2.24, 2.45) is 0 Å². The Labute approximate surface area is 131 Å². The van der Waals surface area contributed by atoms with Crippen LogP contribution in [0.25, 0.3) is 0 Å². The third-order valence-corrected chi connectivity index (χ3v) is 1.74. The first-order valence-corrected chi connectivity index (χ1v) is 5.76. The van der Waals surface area contributed by atoms with Gasteiger partial charge >= 0.3 is 26.2 Å². The quantitative estimate of drug-likeness (QED) is 0.311. The number of carboxylic acid groups (broad SMARTS) is 2. The molecule has 0 fully saturated rings. The molecule has 0 saturated heterocycles. The zero-order valence-corrected chi connectivity index (χ0v) is 15.1. The summed E-state index contributed by atoms with van der Waals surface area (Å²) in [6.07, 6.45) is 1.21. The van der Waals surface area contributed by atoms with Gasteiger partial charge in [-0.15, -0.1) is 0 Å². The molecule has 0 saturated carbocycles. The van der Waals surface area contributed by atoms with Gasteiger partial charge in [0.15, 0.2) is 0 Å². The molecule has 0 spiro atoms. The Morgan fingerprint density at radius 1 is 0.737 bits per heavy atom. The summed E-state index contributed by atoms with van der Waals surface area (Å²) in [5.74, 6) is -3.07. The first kappa shape index (κ1) is 23.3. The van der Waals surface area contributed by atoms with E-state index in [2.05, 4.69) is 0 Å². The summed E-state index contributed by atoms with van der Waals surface area (Å²) in [4.78, 5) is 40.4. The molecule has 0 aliphatic heterocycles.